The molecule has 1 spiro atoms. The first-order valence-electron chi connectivity index (χ1n) is 10.5. The standard InChI is InChI=1S/C23H23BrClN3O3S/c1-30-20-8-12(2-5-17(20)25)21(29)27-14-4-7-19-16(10-14)23(11-32-22(26)28-23)15-9-13(24)3-6-18(15)31-19/h2-3,5-6,8-9,14,16,19H,4,7,10-11H2,1H3,(H2,26,28)(H,27,29)/t14-,16-,19?,23?/m0/s1. The molecular weight excluding hydrogens is 514 g/mol. The van der Waals surface area contributed by atoms with Gasteiger partial charge in [0, 0.05) is 33.3 Å². The van der Waals surface area contributed by atoms with Crippen LogP contribution in [0.5, 0.6) is 11.5 Å². The van der Waals surface area contributed by atoms with E-state index in [2.05, 4.69) is 27.3 Å². The third kappa shape index (κ3) is 3.76. The number of rotatable bonds is 3. The number of nitrogens with two attached hydrogens (primary N) is 1. The molecule has 168 valence electrons. The molecule has 1 saturated carbocycles. The second-order valence-corrected chi connectivity index (χ2v) is 10.7. The number of aliphatic imine (C=N–C) groups is 1. The number of carbonyl (C=O) groups is 1. The van der Waals surface area contributed by atoms with Gasteiger partial charge < -0.3 is 20.5 Å². The molecule has 2 aliphatic heterocycles. The van der Waals surface area contributed by atoms with Gasteiger partial charge in [0.05, 0.1) is 12.1 Å². The summed E-state index contributed by atoms with van der Waals surface area (Å²) in [5.74, 6) is 2.13. The van der Waals surface area contributed by atoms with Gasteiger partial charge >= 0.3 is 0 Å². The molecule has 1 aliphatic carbocycles. The average molecular weight is 537 g/mol. The number of methoxy groups -OCH3 is 1. The number of hydrogen-bond acceptors (Lipinski definition) is 6. The van der Waals surface area contributed by atoms with E-state index < -0.39 is 5.54 Å². The van der Waals surface area contributed by atoms with E-state index in [1.807, 2.05) is 12.1 Å². The van der Waals surface area contributed by atoms with E-state index in [4.69, 9.17) is 31.8 Å². The molecule has 1 fully saturated rings. The van der Waals surface area contributed by atoms with Crippen molar-refractivity contribution in [2.45, 2.75) is 36.9 Å². The van der Waals surface area contributed by atoms with Gasteiger partial charge in [-0.25, -0.2) is 4.99 Å². The lowest BCUT2D eigenvalue weighted by molar-refractivity contribution is 0.0155. The zero-order chi connectivity index (χ0) is 22.5. The molecule has 2 aromatic rings. The van der Waals surface area contributed by atoms with Gasteiger partial charge in [0.1, 0.15) is 23.1 Å². The van der Waals surface area contributed by atoms with Crippen LogP contribution in [0.4, 0.5) is 0 Å². The fourth-order valence-electron chi connectivity index (χ4n) is 5.07. The Hall–Kier alpha value is -1.90. The van der Waals surface area contributed by atoms with Crippen molar-refractivity contribution in [2.24, 2.45) is 16.6 Å². The zero-order valence-electron chi connectivity index (χ0n) is 17.4. The number of benzene rings is 2. The second-order valence-electron chi connectivity index (χ2n) is 8.40. The monoisotopic (exact) mass is 535 g/mol. The highest BCUT2D eigenvalue weighted by molar-refractivity contribution is 9.10. The van der Waals surface area contributed by atoms with Crippen molar-refractivity contribution in [2.75, 3.05) is 12.9 Å². The molecule has 0 aromatic heterocycles. The van der Waals surface area contributed by atoms with Crippen molar-refractivity contribution >= 4 is 50.4 Å². The molecule has 6 nitrogen and oxygen atoms in total. The second kappa shape index (κ2) is 8.47. The Morgan fingerprint density at radius 1 is 1.34 bits per heavy atom. The molecule has 5 rings (SSSR count). The summed E-state index contributed by atoms with van der Waals surface area (Å²) in [6.45, 7) is 0. The first-order valence-corrected chi connectivity index (χ1v) is 12.6. The number of halogens is 2. The Bertz CT molecular complexity index is 1110. The van der Waals surface area contributed by atoms with Gasteiger partial charge in [0.15, 0.2) is 5.17 Å². The van der Waals surface area contributed by atoms with E-state index in [1.54, 1.807) is 30.0 Å². The third-order valence-corrected chi connectivity index (χ3v) is 8.36. The highest BCUT2D eigenvalue weighted by atomic mass is 79.9. The van der Waals surface area contributed by atoms with Crippen LogP contribution in [0.2, 0.25) is 5.02 Å². The quantitative estimate of drug-likeness (QED) is 0.592. The lowest BCUT2D eigenvalue weighted by Crippen LogP contribution is -2.54. The van der Waals surface area contributed by atoms with E-state index in [0.29, 0.717) is 21.5 Å². The van der Waals surface area contributed by atoms with Crippen LogP contribution in [0.3, 0.4) is 0 Å². The predicted molar refractivity (Wildman–Crippen MR) is 131 cm³/mol. The van der Waals surface area contributed by atoms with Crippen molar-refractivity contribution in [3.05, 3.63) is 57.0 Å². The Balaban J connectivity index is 1.41. The molecule has 4 atom stereocenters. The number of nitrogens with one attached hydrogen (secondary N) is 1. The van der Waals surface area contributed by atoms with Gasteiger partial charge in [0.2, 0.25) is 0 Å². The molecule has 3 N–H and O–H groups in total. The lowest BCUT2D eigenvalue weighted by atomic mass is 9.67. The summed E-state index contributed by atoms with van der Waals surface area (Å²) >= 11 is 11.3. The Morgan fingerprint density at radius 2 is 2.19 bits per heavy atom. The molecule has 2 aromatic carbocycles. The lowest BCUT2D eigenvalue weighted by Gasteiger charge is -2.48. The van der Waals surface area contributed by atoms with Crippen molar-refractivity contribution in [1.29, 1.82) is 0 Å². The van der Waals surface area contributed by atoms with Gasteiger partial charge in [-0.05, 0) is 55.7 Å². The topological polar surface area (TPSA) is 85.9 Å². The van der Waals surface area contributed by atoms with Crippen LogP contribution in [0.15, 0.2) is 45.9 Å². The number of ether oxygens (including phenoxy) is 2. The summed E-state index contributed by atoms with van der Waals surface area (Å²) in [5, 5.41) is 4.29. The minimum Gasteiger partial charge on any atom is -0.495 e. The Labute approximate surface area is 204 Å². The fourth-order valence-corrected chi connectivity index (χ4v) is 6.65. The summed E-state index contributed by atoms with van der Waals surface area (Å²) in [6, 6.07) is 11.2. The number of carbonyl (C=O) groups excluding carboxylic acids is 1. The minimum absolute atomic E-state index is 0.0154. The predicted octanol–water partition coefficient (Wildman–Crippen LogP) is 4.73. The largest absolute Gasteiger partial charge is 0.495 e. The molecule has 0 radical (unpaired) electrons. The smallest absolute Gasteiger partial charge is 0.251 e. The maximum atomic E-state index is 13.0. The number of thioether (sulfide) groups is 1. The maximum Gasteiger partial charge on any atom is 0.251 e. The van der Waals surface area contributed by atoms with Crippen molar-refractivity contribution in [3.8, 4) is 11.5 Å². The molecule has 3 aliphatic rings. The zero-order valence-corrected chi connectivity index (χ0v) is 20.6. The molecule has 2 unspecified atom stereocenters. The van der Waals surface area contributed by atoms with E-state index >= 15 is 0 Å². The van der Waals surface area contributed by atoms with Gasteiger partial charge in [-0.15, -0.1) is 0 Å². The average Bonchev–Trinajstić information content (AvgIpc) is 3.17. The Kier molecular flexibility index (Phi) is 5.80. The molecule has 0 saturated heterocycles. The summed E-state index contributed by atoms with van der Waals surface area (Å²) < 4.78 is 12.6. The molecule has 2 heterocycles. The molecule has 1 amide bonds. The minimum atomic E-state index is -0.441. The Morgan fingerprint density at radius 3 is 2.94 bits per heavy atom. The van der Waals surface area contributed by atoms with Crippen LogP contribution in [-0.2, 0) is 5.54 Å². The first-order chi connectivity index (χ1) is 15.4. The first kappa shape index (κ1) is 21.9. The van der Waals surface area contributed by atoms with Crippen LogP contribution in [0, 0.1) is 5.92 Å². The summed E-state index contributed by atoms with van der Waals surface area (Å²) in [5.41, 5.74) is 7.30. The van der Waals surface area contributed by atoms with Crippen molar-refractivity contribution in [1.82, 2.24) is 5.32 Å². The molecule has 32 heavy (non-hydrogen) atoms. The highest BCUT2D eigenvalue weighted by Gasteiger charge is 2.54. The normalized spacial score (nSPS) is 28.3. The third-order valence-electron chi connectivity index (χ3n) is 6.58. The highest BCUT2D eigenvalue weighted by Crippen LogP contribution is 2.54. The van der Waals surface area contributed by atoms with Crippen molar-refractivity contribution in [3.63, 3.8) is 0 Å². The maximum absolute atomic E-state index is 13.0. The number of amidine groups is 1. The number of hydrogen-bond donors (Lipinski definition) is 2. The van der Waals surface area contributed by atoms with E-state index in [-0.39, 0.29) is 24.0 Å². The number of amides is 1. The number of fused-ring (bicyclic) bond motifs is 4. The van der Waals surface area contributed by atoms with Crippen LogP contribution >= 0.6 is 39.3 Å². The molecule has 9 heteroatoms. The van der Waals surface area contributed by atoms with Crippen LogP contribution < -0.4 is 20.5 Å². The number of nitrogens with zero attached hydrogens (tertiary/aromatic N) is 1. The van der Waals surface area contributed by atoms with E-state index in [9.17, 15) is 4.79 Å². The van der Waals surface area contributed by atoms with E-state index in [1.165, 1.54) is 7.11 Å². The summed E-state index contributed by atoms with van der Waals surface area (Å²) in [7, 11) is 1.54. The molecular formula is C23H23BrClN3O3S. The summed E-state index contributed by atoms with van der Waals surface area (Å²) in [4.78, 5) is 17.9. The van der Waals surface area contributed by atoms with Gasteiger partial charge in [-0.2, -0.15) is 0 Å². The fraction of sp³-hybridized carbons (Fsp3) is 0.391. The van der Waals surface area contributed by atoms with Gasteiger partial charge in [0.25, 0.3) is 5.91 Å². The van der Waals surface area contributed by atoms with Gasteiger partial charge in [-0.1, -0.05) is 39.3 Å². The van der Waals surface area contributed by atoms with Crippen LogP contribution in [0.25, 0.3) is 0 Å². The summed E-state index contributed by atoms with van der Waals surface area (Å²) in [6.07, 6.45) is 2.50. The SMILES string of the molecule is COc1cc(C(=O)N[C@H]2CCC3Oc4ccc(Br)cc4C4(CSC(N)=N4)[C@H]3C2)ccc1Cl. The molecule has 0 bridgehead atoms. The van der Waals surface area contributed by atoms with Crippen LogP contribution in [-0.4, -0.2) is 36.1 Å². The van der Waals surface area contributed by atoms with E-state index in [0.717, 1.165) is 40.8 Å². The van der Waals surface area contributed by atoms with Crippen molar-refractivity contribution < 1.29 is 14.3 Å². The van der Waals surface area contributed by atoms with Crippen LogP contribution in [0.1, 0.15) is 35.2 Å². The van der Waals surface area contributed by atoms with Gasteiger partial charge in [-0.3, -0.25) is 4.79 Å².